The van der Waals surface area contributed by atoms with Crippen LogP contribution in [0.1, 0.15) is 44.6 Å². The molecule has 0 fully saturated rings. The average molecular weight is 286 g/mol. The van der Waals surface area contributed by atoms with Crippen LogP contribution in [0.2, 0.25) is 0 Å². The highest BCUT2D eigenvalue weighted by Gasteiger charge is 2.28. The van der Waals surface area contributed by atoms with E-state index >= 15 is 0 Å². The van der Waals surface area contributed by atoms with Crippen molar-refractivity contribution in [3.05, 3.63) is 17.6 Å². The van der Waals surface area contributed by atoms with Gasteiger partial charge in [0, 0.05) is 5.69 Å². The van der Waals surface area contributed by atoms with Crippen LogP contribution in [-0.4, -0.2) is 27.1 Å². The summed E-state index contributed by atoms with van der Waals surface area (Å²) >= 11 is 0. The van der Waals surface area contributed by atoms with Crippen LogP contribution in [0.15, 0.2) is 6.07 Å². The number of hydrogen-bond acceptors (Lipinski definition) is 5. The first kappa shape index (κ1) is 14.0. The molecule has 21 heavy (non-hydrogen) atoms. The molecule has 2 unspecified atom stereocenters. The molecule has 1 N–H and O–H groups in total. The van der Waals surface area contributed by atoms with Crippen LogP contribution in [0.5, 0.6) is 5.88 Å². The maximum Gasteiger partial charge on any atom is 0.227 e. The predicted octanol–water partition coefficient (Wildman–Crippen LogP) is 3.39. The Balaban J connectivity index is 2.19. The van der Waals surface area contributed by atoms with Crippen LogP contribution in [0.25, 0.3) is 10.9 Å². The second-order valence-electron chi connectivity index (χ2n) is 5.69. The molecule has 5 nitrogen and oxygen atoms in total. The summed E-state index contributed by atoms with van der Waals surface area (Å²) in [6.07, 6.45) is 3.19. The molecule has 0 bridgehead atoms. The standard InChI is InChI=1S/C16H22N4O/c1-5-7-13-11(6-2)20-15-14-12(18-10(4)19-15)8-9(3)17-16(14)21-13/h8,11,13H,5-7H2,1-4H3,(H,18,19,20). The summed E-state index contributed by atoms with van der Waals surface area (Å²) in [4.78, 5) is 13.7. The molecule has 3 rings (SSSR count). The summed E-state index contributed by atoms with van der Waals surface area (Å²) in [6, 6.07) is 2.24. The van der Waals surface area contributed by atoms with E-state index in [-0.39, 0.29) is 12.1 Å². The van der Waals surface area contributed by atoms with Gasteiger partial charge < -0.3 is 10.1 Å². The summed E-state index contributed by atoms with van der Waals surface area (Å²) in [5.41, 5.74) is 1.83. The van der Waals surface area contributed by atoms with Gasteiger partial charge in [0.15, 0.2) is 0 Å². The average Bonchev–Trinajstić information content (AvgIpc) is 2.56. The molecule has 5 heteroatoms. The zero-order valence-corrected chi connectivity index (χ0v) is 13.1. The smallest absolute Gasteiger partial charge is 0.227 e. The quantitative estimate of drug-likeness (QED) is 0.937. The summed E-state index contributed by atoms with van der Waals surface area (Å²) < 4.78 is 6.24. The number of aromatic nitrogens is 3. The maximum atomic E-state index is 6.24. The highest BCUT2D eigenvalue weighted by Crippen LogP contribution is 2.34. The van der Waals surface area contributed by atoms with E-state index in [0.717, 1.165) is 47.5 Å². The molecule has 3 heterocycles. The number of hydrogen-bond donors (Lipinski definition) is 1. The van der Waals surface area contributed by atoms with Gasteiger partial charge in [-0.3, -0.25) is 0 Å². The van der Waals surface area contributed by atoms with Gasteiger partial charge in [-0.25, -0.2) is 15.0 Å². The van der Waals surface area contributed by atoms with Gasteiger partial charge in [0.1, 0.15) is 23.1 Å². The third kappa shape index (κ3) is 2.52. The minimum Gasteiger partial charge on any atom is -0.472 e. The van der Waals surface area contributed by atoms with E-state index in [1.807, 2.05) is 19.9 Å². The Hall–Kier alpha value is -1.91. The minimum absolute atomic E-state index is 0.118. The molecule has 0 aliphatic carbocycles. The van der Waals surface area contributed by atoms with Gasteiger partial charge in [-0.15, -0.1) is 0 Å². The fourth-order valence-corrected chi connectivity index (χ4v) is 2.95. The number of rotatable bonds is 3. The minimum atomic E-state index is 0.118. The summed E-state index contributed by atoms with van der Waals surface area (Å²) in [5, 5.41) is 4.46. The fraction of sp³-hybridized carbons (Fsp3) is 0.562. The van der Waals surface area contributed by atoms with Gasteiger partial charge in [-0.1, -0.05) is 20.3 Å². The van der Waals surface area contributed by atoms with Crippen molar-refractivity contribution in [2.45, 2.75) is 59.1 Å². The van der Waals surface area contributed by atoms with Crippen molar-refractivity contribution in [3.8, 4) is 5.88 Å². The molecule has 0 spiro atoms. The second kappa shape index (κ2) is 5.47. The largest absolute Gasteiger partial charge is 0.472 e. The van der Waals surface area contributed by atoms with E-state index in [0.29, 0.717) is 5.88 Å². The molecule has 0 radical (unpaired) electrons. The summed E-state index contributed by atoms with van der Waals surface area (Å²) in [6.45, 7) is 8.24. The van der Waals surface area contributed by atoms with Crippen LogP contribution in [0.3, 0.4) is 0 Å². The first-order valence-electron chi connectivity index (χ1n) is 7.71. The van der Waals surface area contributed by atoms with Gasteiger partial charge >= 0.3 is 0 Å². The highest BCUT2D eigenvalue weighted by molar-refractivity contribution is 5.94. The first-order valence-corrected chi connectivity index (χ1v) is 7.71. The maximum absolute atomic E-state index is 6.24. The lowest BCUT2D eigenvalue weighted by atomic mass is 10.0. The Kier molecular flexibility index (Phi) is 3.66. The second-order valence-corrected chi connectivity index (χ2v) is 5.69. The number of pyridine rings is 1. The fourth-order valence-electron chi connectivity index (χ4n) is 2.95. The van der Waals surface area contributed by atoms with Crippen molar-refractivity contribution in [1.29, 1.82) is 0 Å². The van der Waals surface area contributed by atoms with Crippen molar-refractivity contribution in [2.24, 2.45) is 0 Å². The van der Waals surface area contributed by atoms with Gasteiger partial charge in [0.25, 0.3) is 0 Å². The topological polar surface area (TPSA) is 59.9 Å². The molecule has 0 saturated carbocycles. The Bertz CT molecular complexity index is 666. The van der Waals surface area contributed by atoms with Crippen LogP contribution in [0, 0.1) is 13.8 Å². The lowest BCUT2D eigenvalue weighted by molar-refractivity contribution is 0.163. The predicted molar refractivity (Wildman–Crippen MR) is 83.8 cm³/mol. The van der Waals surface area contributed by atoms with Gasteiger partial charge in [-0.2, -0.15) is 0 Å². The summed E-state index contributed by atoms with van der Waals surface area (Å²) in [5.74, 6) is 2.29. The SMILES string of the molecule is CCCC1Oc2nc(C)cc3nc(C)nc(c23)NC1CC. The van der Waals surface area contributed by atoms with E-state index in [2.05, 4.69) is 34.1 Å². The van der Waals surface area contributed by atoms with E-state index in [4.69, 9.17) is 4.74 Å². The monoisotopic (exact) mass is 286 g/mol. The van der Waals surface area contributed by atoms with E-state index in [1.54, 1.807) is 0 Å². The Labute approximate surface area is 125 Å². The van der Waals surface area contributed by atoms with Crippen molar-refractivity contribution in [2.75, 3.05) is 5.32 Å². The van der Waals surface area contributed by atoms with E-state index in [9.17, 15) is 0 Å². The first-order chi connectivity index (χ1) is 10.1. The number of ether oxygens (including phenoxy) is 1. The Morgan fingerprint density at radius 3 is 2.71 bits per heavy atom. The molecular formula is C16H22N4O. The molecule has 1 aliphatic heterocycles. The number of nitrogens with zero attached hydrogens (tertiary/aromatic N) is 3. The Morgan fingerprint density at radius 1 is 1.19 bits per heavy atom. The molecule has 1 aliphatic rings. The molecule has 2 aromatic heterocycles. The van der Waals surface area contributed by atoms with Crippen LogP contribution < -0.4 is 10.1 Å². The lowest BCUT2D eigenvalue weighted by Gasteiger charge is -2.24. The zero-order chi connectivity index (χ0) is 15.0. The molecule has 2 aromatic rings. The van der Waals surface area contributed by atoms with Gasteiger partial charge in [0.2, 0.25) is 5.88 Å². The summed E-state index contributed by atoms with van der Waals surface area (Å²) in [7, 11) is 0. The third-order valence-electron chi connectivity index (χ3n) is 3.93. The lowest BCUT2D eigenvalue weighted by Crippen LogP contribution is -2.36. The van der Waals surface area contributed by atoms with E-state index in [1.165, 1.54) is 0 Å². The highest BCUT2D eigenvalue weighted by atomic mass is 16.5. The van der Waals surface area contributed by atoms with Crippen molar-refractivity contribution >= 4 is 16.7 Å². The normalized spacial score (nSPS) is 20.8. The van der Waals surface area contributed by atoms with Crippen LogP contribution >= 0.6 is 0 Å². The molecule has 0 amide bonds. The molecular weight excluding hydrogens is 264 g/mol. The van der Waals surface area contributed by atoms with Crippen LogP contribution in [0.4, 0.5) is 5.82 Å². The van der Waals surface area contributed by atoms with Crippen molar-refractivity contribution in [1.82, 2.24) is 15.0 Å². The van der Waals surface area contributed by atoms with E-state index < -0.39 is 0 Å². The van der Waals surface area contributed by atoms with Crippen molar-refractivity contribution < 1.29 is 4.74 Å². The Morgan fingerprint density at radius 2 is 2.00 bits per heavy atom. The van der Waals surface area contributed by atoms with Gasteiger partial charge in [0.05, 0.1) is 11.6 Å². The van der Waals surface area contributed by atoms with Crippen molar-refractivity contribution in [3.63, 3.8) is 0 Å². The number of anilines is 1. The molecule has 112 valence electrons. The zero-order valence-electron chi connectivity index (χ0n) is 13.1. The number of aryl methyl sites for hydroxylation is 2. The molecule has 2 atom stereocenters. The third-order valence-corrected chi connectivity index (χ3v) is 3.93. The van der Waals surface area contributed by atoms with Crippen LogP contribution in [-0.2, 0) is 0 Å². The number of nitrogens with one attached hydrogen (secondary N) is 1. The van der Waals surface area contributed by atoms with Gasteiger partial charge in [-0.05, 0) is 32.8 Å². The molecule has 0 aromatic carbocycles. The molecule has 0 saturated heterocycles.